The van der Waals surface area contributed by atoms with E-state index in [0.717, 1.165) is 30.6 Å². The minimum Gasteiger partial charge on any atom is -0.497 e. The van der Waals surface area contributed by atoms with Crippen LogP contribution in [-0.4, -0.2) is 44.0 Å². The van der Waals surface area contributed by atoms with Crippen LogP contribution in [-0.2, 0) is 25.6 Å². The van der Waals surface area contributed by atoms with Gasteiger partial charge in [-0.3, -0.25) is 4.79 Å². The Morgan fingerprint density at radius 1 is 1.07 bits per heavy atom. The smallest absolute Gasteiger partial charge is 0.407 e. The number of nitrogens with one attached hydrogen (secondary N) is 1. The summed E-state index contributed by atoms with van der Waals surface area (Å²) >= 11 is 0. The first-order chi connectivity index (χ1) is 14.2. The first-order valence-electron chi connectivity index (χ1n) is 10.6. The molecular formula is C23H37NO6. The van der Waals surface area contributed by atoms with Crippen LogP contribution in [0.15, 0.2) is 24.3 Å². The first-order valence-corrected chi connectivity index (χ1v) is 10.6. The number of carbonyl (C=O) groups excluding carboxylic acids is 2. The number of carbonyl (C=O) groups is 2. The van der Waals surface area contributed by atoms with Crippen molar-refractivity contribution >= 4 is 12.1 Å². The molecule has 7 nitrogen and oxygen atoms in total. The number of ether oxygens (including phenoxy) is 4. The molecule has 1 atom stereocenters. The molecule has 0 saturated carbocycles. The third-order valence-corrected chi connectivity index (χ3v) is 4.24. The number of benzene rings is 1. The quantitative estimate of drug-likeness (QED) is 0.368. The molecule has 0 aliphatic heterocycles. The van der Waals surface area contributed by atoms with Crippen LogP contribution >= 0.6 is 0 Å². The van der Waals surface area contributed by atoms with Crippen molar-refractivity contribution in [3.63, 3.8) is 0 Å². The van der Waals surface area contributed by atoms with Gasteiger partial charge < -0.3 is 24.3 Å². The van der Waals surface area contributed by atoms with E-state index < -0.39 is 11.7 Å². The van der Waals surface area contributed by atoms with Gasteiger partial charge in [-0.05, 0) is 71.1 Å². The average molecular weight is 424 g/mol. The maximum absolute atomic E-state index is 12.1. The lowest BCUT2D eigenvalue weighted by atomic mass is 10.0. The monoisotopic (exact) mass is 423 g/mol. The third-order valence-electron chi connectivity index (χ3n) is 4.24. The minimum absolute atomic E-state index is 0.147. The average Bonchev–Trinajstić information content (AvgIpc) is 2.67. The molecule has 0 saturated heterocycles. The molecule has 0 heterocycles. The molecular weight excluding hydrogens is 386 g/mol. The van der Waals surface area contributed by atoms with Gasteiger partial charge in [0.05, 0.1) is 20.3 Å². The van der Waals surface area contributed by atoms with Crippen molar-refractivity contribution < 1.29 is 28.5 Å². The van der Waals surface area contributed by atoms with E-state index in [1.807, 2.05) is 45.0 Å². The summed E-state index contributed by atoms with van der Waals surface area (Å²) in [4.78, 5) is 23.8. The molecule has 1 rings (SSSR count). The third kappa shape index (κ3) is 12.3. The van der Waals surface area contributed by atoms with Crippen LogP contribution in [0.3, 0.4) is 0 Å². The summed E-state index contributed by atoms with van der Waals surface area (Å²) in [6, 6.07) is 7.64. The van der Waals surface area contributed by atoms with E-state index in [1.165, 1.54) is 0 Å². The second-order valence-electron chi connectivity index (χ2n) is 8.08. The lowest BCUT2D eigenvalue weighted by Crippen LogP contribution is -2.39. The largest absolute Gasteiger partial charge is 0.497 e. The summed E-state index contributed by atoms with van der Waals surface area (Å²) in [7, 11) is 1.64. The summed E-state index contributed by atoms with van der Waals surface area (Å²) < 4.78 is 21.2. The zero-order valence-corrected chi connectivity index (χ0v) is 19.0. The zero-order chi connectivity index (χ0) is 22.4. The molecule has 0 fully saturated rings. The van der Waals surface area contributed by atoms with Crippen molar-refractivity contribution in [3.8, 4) is 5.75 Å². The number of unbranched alkanes of at least 4 members (excludes halogenated alkanes) is 1. The standard InChI is InChI=1S/C23H37NO6/c1-6-29-21(25)15-12-19(24-22(26)30-23(2,3)4)9-7-8-16-28-17-18-10-13-20(27-5)14-11-18/h10-11,13-14,19H,6-9,12,15-17H2,1-5H3,(H,24,26)/t19-/m0/s1. The Labute approximate surface area is 180 Å². The fraction of sp³-hybridized carbons (Fsp3) is 0.652. The molecule has 1 N–H and O–H groups in total. The molecule has 0 aliphatic rings. The fourth-order valence-corrected chi connectivity index (χ4v) is 2.79. The number of alkyl carbamates (subject to hydrolysis) is 1. The topological polar surface area (TPSA) is 83.1 Å². The minimum atomic E-state index is -0.564. The van der Waals surface area contributed by atoms with Gasteiger partial charge in [0, 0.05) is 19.1 Å². The Hall–Kier alpha value is -2.28. The van der Waals surface area contributed by atoms with E-state index in [2.05, 4.69) is 5.32 Å². The molecule has 0 unspecified atom stereocenters. The van der Waals surface area contributed by atoms with Gasteiger partial charge in [0.1, 0.15) is 11.4 Å². The van der Waals surface area contributed by atoms with E-state index in [1.54, 1.807) is 14.0 Å². The van der Waals surface area contributed by atoms with E-state index in [4.69, 9.17) is 18.9 Å². The lowest BCUT2D eigenvalue weighted by molar-refractivity contribution is -0.143. The van der Waals surface area contributed by atoms with E-state index in [9.17, 15) is 9.59 Å². The lowest BCUT2D eigenvalue weighted by Gasteiger charge is -2.23. The number of esters is 1. The number of rotatable bonds is 13. The Bertz CT molecular complexity index is 624. The van der Waals surface area contributed by atoms with Crippen molar-refractivity contribution in [2.75, 3.05) is 20.3 Å². The van der Waals surface area contributed by atoms with Gasteiger partial charge in [0.2, 0.25) is 0 Å². The van der Waals surface area contributed by atoms with Crippen molar-refractivity contribution in [2.24, 2.45) is 0 Å². The number of amides is 1. The van der Waals surface area contributed by atoms with Gasteiger partial charge in [-0.2, -0.15) is 0 Å². The molecule has 0 bridgehead atoms. The van der Waals surface area contributed by atoms with Gasteiger partial charge in [0.25, 0.3) is 0 Å². The number of hydrogen-bond donors (Lipinski definition) is 1. The molecule has 170 valence electrons. The van der Waals surface area contributed by atoms with Crippen LogP contribution in [0.2, 0.25) is 0 Å². The first kappa shape index (κ1) is 25.8. The predicted molar refractivity (Wildman–Crippen MR) is 116 cm³/mol. The Kier molecular flexibility index (Phi) is 11.9. The predicted octanol–water partition coefficient (Wildman–Crippen LogP) is 4.62. The summed E-state index contributed by atoms with van der Waals surface area (Å²) in [5.74, 6) is 0.571. The fourth-order valence-electron chi connectivity index (χ4n) is 2.79. The molecule has 0 radical (unpaired) electrons. The summed E-state index contributed by atoms with van der Waals surface area (Å²) in [6.45, 7) is 8.77. The van der Waals surface area contributed by atoms with Gasteiger partial charge >= 0.3 is 12.1 Å². The highest BCUT2D eigenvalue weighted by atomic mass is 16.6. The number of hydrogen-bond acceptors (Lipinski definition) is 6. The molecule has 1 aromatic rings. The van der Waals surface area contributed by atoms with Crippen molar-refractivity contribution in [1.29, 1.82) is 0 Å². The molecule has 0 aromatic heterocycles. The Morgan fingerprint density at radius 3 is 2.37 bits per heavy atom. The SMILES string of the molecule is CCOC(=O)CC[C@H](CCCCOCc1ccc(OC)cc1)NC(=O)OC(C)(C)C. The highest BCUT2D eigenvalue weighted by Crippen LogP contribution is 2.14. The van der Waals surface area contributed by atoms with Crippen LogP contribution in [0.1, 0.15) is 65.4 Å². The van der Waals surface area contributed by atoms with Crippen molar-refractivity contribution in [2.45, 2.75) is 78.0 Å². The molecule has 1 aromatic carbocycles. The van der Waals surface area contributed by atoms with Crippen LogP contribution in [0.4, 0.5) is 4.79 Å². The molecule has 1 amide bonds. The van der Waals surface area contributed by atoms with E-state index in [-0.39, 0.29) is 18.4 Å². The second kappa shape index (κ2) is 13.9. The highest BCUT2D eigenvalue weighted by Gasteiger charge is 2.20. The van der Waals surface area contributed by atoms with E-state index >= 15 is 0 Å². The highest BCUT2D eigenvalue weighted by molar-refractivity contribution is 5.70. The molecule has 7 heteroatoms. The van der Waals surface area contributed by atoms with E-state index in [0.29, 0.717) is 26.2 Å². The molecule has 0 aliphatic carbocycles. The maximum atomic E-state index is 12.1. The van der Waals surface area contributed by atoms with Crippen LogP contribution in [0.25, 0.3) is 0 Å². The van der Waals surface area contributed by atoms with Crippen LogP contribution in [0, 0.1) is 0 Å². The summed E-state index contributed by atoms with van der Waals surface area (Å²) in [5.41, 5.74) is 0.528. The Morgan fingerprint density at radius 2 is 1.77 bits per heavy atom. The summed E-state index contributed by atoms with van der Waals surface area (Å²) in [5, 5.41) is 2.88. The number of methoxy groups -OCH3 is 1. The second-order valence-corrected chi connectivity index (χ2v) is 8.08. The zero-order valence-electron chi connectivity index (χ0n) is 19.0. The van der Waals surface area contributed by atoms with Crippen molar-refractivity contribution in [1.82, 2.24) is 5.32 Å². The van der Waals surface area contributed by atoms with Gasteiger partial charge in [-0.1, -0.05) is 12.1 Å². The van der Waals surface area contributed by atoms with Gasteiger partial charge in [-0.25, -0.2) is 4.79 Å². The normalized spacial score (nSPS) is 12.2. The summed E-state index contributed by atoms with van der Waals surface area (Å²) in [6.07, 6.45) is 2.79. The van der Waals surface area contributed by atoms with Gasteiger partial charge in [-0.15, -0.1) is 0 Å². The maximum Gasteiger partial charge on any atom is 0.407 e. The van der Waals surface area contributed by atoms with Crippen molar-refractivity contribution in [3.05, 3.63) is 29.8 Å². The van der Waals surface area contributed by atoms with Crippen LogP contribution < -0.4 is 10.1 Å². The van der Waals surface area contributed by atoms with Gasteiger partial charge in [0.15, 0.2) is 0 Å². The van der Waals surface area contributed by atoms with Crippen LogP contribution in [0.5, 0.6) is 5.75 Å². The Balaban J connectivity index is 2.35. The molecule has 30 heavy (non-hydrogen) atoms. The molecule has 0 spiro atoms.